The first kappa shape index (κ1) is 17.4. The number of benzene rings is 1. The second-order valence-electron chi connectivity index (χ2n) is 10.9. The van der Waals surface area contributed by atoms with E-state index < -0.39 is 17.6 Å². The van der Waals surface area contributed by atoms with E-state index in [9.17, 15) is 10.2 Å². The summed E-state index contributed by atoms with van der Waals surface area (Å²) in [7, 11) is 0. The maximum absolute atomic E-state index is 11.8. The van der Waals surface area contributed by atoms with E-state index in [1.807, 2.05) is 0 Å². The number of anilines is 1. The van der Waals surface area contributed by atoms with Crippen molar-refractivity contribution in [1.29, 1.82) is 0 Å². The number of nitrogens with zero attached hydrogens (tertiary/aromatic N) is 2. The number of hydrogen-bond donors (Lipinski definition) is 2. The Bertz CT molecular complexity index is 957. The van der Waals surface area contributed by atoms with Crippen LogP contribution in [0, 0.1) is 17.8 Å². The van der Waals surface area contributed by atoms with Crippen molar-refractivity contribution in [2.75, 3.05) is 24.6 Å². The lowest BCUT2D eigenvalue weighted by Gasteiger charge is -2.65. The Labute approximate surface area is 176 Å². The van der Waals surface area contributed by atoms with Crippen LogP contribution in [0.1, 0.15) is 38.2 Å². The molecular formula is C24H30N2O4. The number of fused-ring (bicyclic) bond motifs is 3. The molecule has 10 atom stereocenters. The van der Waals surface area contributed by atoms with E-state index in [4.69, 9.17) is 9.47 Å². The summed E-state index contributed by atoms with van der Waals surface area (Å²) in [5.41, 5.74) is 2.20. The largest absolute Gasteiger partial charge is 0.394 e. The molecule has 30 heavy (non-hydrogen) atoms. The van der Waals surface area contributed by atoms with E-state index in [0.29, 0.717) is 24.3 Å². The van der Waals surface area contributed by atoms with Gasteiger partial charge in [-0.25, -0.2) is 0 Å². The van der Waals surface area contributed by atoms with Gasteiger partial charge in [-0.3, -0.25) is 4.90 Å². The smallest absolute Gasteiger partial charge is 0.189 e. The van der Waals surface area contributed by atoms with Gasteiger partial charge < -0.3 is 24.6 Å². The Morgan fingerprint density at radius 3 is 2.93 bits per heavy atom. The van der Waals surface area contributed by atoms with Crippen molar-refractivity contribution in [1.82, 2.24) is 4.90 Å². The second-order valence-corrected chi connectivity index (χ2v) is 10.9. The van der Waals surface area contributed by atoms with Gasteiger partial charge in [0.1, 0.15) is 18.2 Å². The molecule has 0 radical (unpaired) electrons. The zero-order chi connectivity index (χ0) is 20.0. The minimum Gasteiger partial charge on any atom is -0.394 e. The predicted octanol–water partition coefficient (Wildman–Crippen LogP) is 1.44. The normalized spacial score (nSPS) is 56.4. The van der Waals surface area contributed by atoms with Crippen LogP contribution in [-0.2, 0) is 14.9 Å². The van der Waals surface area contributed by atoms with Gasteiger partial charge in [0.2, 0.25) is 0 Å². The number of para-hydroxylation sites is 1. The molecule has 6 heteroatoms. The molecule has 6 fully saturated rings. The van der Waals surface area contributed by atoms with Crippen LogP contribution < -0.4 is 4.90 Å². The van der Waals surface area contributed by atoms with Gasteiger partial charge in [0, 0.05) is 30.6 Å². The van der Waals surface area contributed by atoms with E-state index in [2.05, 4.69) is 41.0 Å². The summed E-state index contributed by atoms with van der Waals surface area (Å²) in [6, 6.07) is 9.12. The highest BCUT2D eigenvalue weighted by Gasteiger charge is 2.86. The van der Waals surface area contributed by atoms with Gasteiger partial charge in [0.25, 0.3) is 0 Å². The first-order valence-electron chi connectivity index (χ1n) is 11.9. The first-order valence-corrected chi connectivity index (χ1v) is 11.9. The van der Waals surface area contributed by atoms with E-state index in [1.54, 1.807) is 0 Å². The lowest BCUT2D eigenvalue weighted by molar-refractivity contribution is -0.287. The molecule has 0 amide bonds. The van der Waals surface area contributed by atoms with E-state index in [1.165, 1.54) is 30.6 Å². The third-order valence-electron chi connectivity index (χ3n) is 10.3. The SMILES string of the molecule is CC[C@@H]1CN2CC[C@]34c5ccccc5N5[C@@H]6[C@H]7O[C@@]53[C@@H](C[C@@]6(O)O[C@@H]7CO)[C@H]1C[C@H]24. The van der Waals surface area contributed by atoms with Gasteiger partial charge in [0.05, 0.1) is 12.0 Å². The molecule has 1 saturated carbocycles. The van der Waals surface area contributed by atoms with Crippen molar-refractivity contribution in [3.63, 3.8) is 0 Å². The predicted molar refractivity (Wildman–Crippen MR) is 109 cm³/mol. The third-order valence-corrected chi connectivity index (χ3v) is 10.3. The number of piperidine rings is 2. The molecule has 1 aromatic carbocycles. The Balaban J connectivity index is 1.44. The molecule has 2 N–H and O–H groups in total. The van der Waals surface area contributed by atoms with Gasteiger partial charge in [-0.15, -0.1) is 0 Å². The number of rotatable bonds is 2. The van der Waals surface area contributed by atoms with E-state index >= 15 is 0 Å². The molecule has 0 aromatic heterocycles. The standard InChI is InChI=1S/C24H30N2O4/c1-2-13-11-25-8-7-22-15-5-3-4-6-17(15)26-21-20-18(12-27)29-23(21,28)10-16(24(22,26)30-20)14(13)9-19(22)25/h3-6,13-14,16,18-21,27-28H,2,7-12H2,1H3/t13-,14+,16+,18-,19+,20+,21-,22-,23-,24-/m1/s1. The number of ether oxygens (including phenoxy) is 2. The van der Waals surface area contributed by atoms with Crippen molar-refractivity contribution < 1.29 is 19.7 Å². The van der Waals surface area contributed by atoms with E-state index in [0.717, 1.165) is 13.0 Å². The number of aliphatic hydroxyl groups is 2. The maximum Gasteiger partial charge on any atom is 0.189 e. The molecule has 2 spiro atoms. The van der Waals surface area contributed by atoms with Crippen LogP contribution in [0.25, 0.3) is 0 Å². The van der Waals surface area contributed by atoms with Crippen LogP contribution in [-0.4, -0.2) is 70.6 Å². The summed E-state index contributed by atoms with van der Waals surface area (Å²) < 4.78 is 13.4. The Morgan fingerprint density at radius 1 is 1.23 bits per heavy atom. The molecule has 0 unspecified atom stereocenters. The number of aliphatic hydroxyl groups excluding tert-OH is 1. The Morgan fingerprint density at radius 2 is 2.10 bits per heavy atom. The average molecular weight is 411 g/mol. The van der Waals surface area contributed by atoms with Crippen LogP contribution in [0.2, 0.25) is 0 Å². The highest BCUT2D eigenvalue weighted by Crippen LogP contribution is 2.75. The fraction of sp³-hybridized carbons (Fsp3) is 0.750. The average Bonchev–Trinajstić information content (AvgIpc) is 3.43. The van der Waals surface area contributed by atoms with Gasteiger partial charge in [0.15, 0.2) is 11.5 Å². The fourth-order valence-corrected chi connectivity index (χ4v) is 9.59. The minimum absolute atomic E-state index is 0.0465. The first-order chi connectivity index (χ1) is 14.6. The lowest BCUT2D eigenvalue weighted by atomic mass is 9.50. The van der Waals surface area contributed by atoms with Crippen LogP contribution >= 0.6 is 0 Å². The maximum atomic E-state index is 11.8. The molecule has 160 valence electrons. The fourth-order valence-electron chi connectivity index (χ4n) is 9.59. The zero-order valence-electron chi connectivity index (χ0n) is 17.4. The van der Waals surface area contributed by atoms with Crippen molar-refractivity contribution in [3.05, 3.63) is 29.8 Å². The quantitative estimate of drug-likeness (QED) is 0.769. The molecule has 1 aliphatic carbocycles. The van der Waals surface area contributed by atoms with E-state index in [-0.39, 0.29) is 30.1 Å². The summed E-state index contributed by atoms with van der Waals surface area (Å²) in [6.07, 6.45) is 3.39. The van der Waals surface area contributed by atoms with Crippen LogP contribution in [0.4, 0.5) is 5.69 Å². The number of hydrogen-bond acceptors (Lipinski definition) is 6. The molecule has 1 aromatic rings. The highest BCUT2D eigenvalue weighted by molar-refractivity contribution is 5.72. The lowest BCUT2D eigenvalue weighted by Crippen LogP contribution is -2.77. The Kier molecular flexibility index (Phi) is 2.94. The van der Waals surface area contributed by atoms with Crippen molar-refractivity contribution in [3.8, 4) is 0 Å². The van der Waals surface area contributed by atoms with Crippen LogP contribution in [0.5, 0.6) is 0 Å². The van der Waals surface area contributed by atoms with Gasteiger partial charge in [-0.1, -0.05) is 31.5 Å². The van der Waals surface area contributed by atoms with Crippen molar-refractivity contribution >= 4 is 5.69 Å². The summed E-state index contributed by atoms with van der Waals surface area (Å²) in [5, 5.41) is 21.9. The summed E-state index contributed by atoms with van der Waals surface area (Å²) in [5.74, 6) is 0.179. The molecule has 6 nitrogen and oxygen atoms in total. The van der Waals surface area contributed by atoms with Crippen molar-refractivity contribution in [2.45, 2.75) is 73.8 Å². The minimum atomic E-state index is -1.25. The zero-order valence-corrected chi connectivity index (χ0v) is 17.4. The van der Waals surface area contributed by atoms with Gasteiger partial charge in [-0.05, 0) is 42.9 Å². The molecule has 6 aliphatic heterocycles. The molecule has 8 rings (SSSR count). The van der Waals surface area contributed by atoms with Crippen molar-refractivity contribution in [2.24, 2.45) is 17.8 Å². The molecule has 6 heterocycles. The summed E-state index contributed by atoms with van der Waals surface area (Å²) >= 11 is 0. The summed E-state index contributed by atoms with van der Waals surface area (Å²) in [6.45, 7) is 4.52. The molecular weight excluding hydrogens is 380 g/mol. The molecule has 7 aliphatic rings. The van der Waals surface area contributed by atoms with Gasteiger partial charge >= 0.3 is 0 Å². The van der Waals surface area contributed by atoms with Crippen LogP contribution in [0.15, 0.2) is 24.3 Å². The Hall–Kier alpha value is -1.18. The second kappa shape index (κ2) is 5.07. The van der Waals surface area contributed by atoms with Crippen LogP contribution in [0.3, 0.4) is 0 Å². The highest BCUT2D eigenvalue weighted by atomic mass is 16.7. The van der Waals surface area contributed by atoms with Gasteiger partial charge in [-0.2, -0.15) is 0 Å². The third kappa shape index (κ3) is 1.48. The molecule has 4 bridgehead atoms. The summed E-state index contributed by atoms with van der Waals surface area (Å²) in [4.78, 5) is 5.23. The monoisotopic (exact) mass is 410 g/mol. The molecule has 5 saturated heterocycles. The topological polar surface area (TPSA) is 65.4 Å².